The molecule has 21 heavy (non-hydrogen) atoms. The first-order chi connectivity index (χ1) is 9.83. The monoisotopic (exact) mass is 326 g/mol. The zero-order chi connectivity index (χ0) is 15.6. The highest BCUT2D eigenvalue weighted by Gasteiger charge is 2.20. The van der Waals surface area contributed by atoms with E-state index in [0.29, 0.717) is 5.75 Å². The van der Waals surface area contributed by atoms with Crippen molar-refractivity contribution >= 4 is 21.4 Å². The van der Waals surface area contributed by atoms with Crippen molar-refractivity contribution in [3.63, 3.8) is 0 Å². The minimum absolute atomic E-state index is 0.148. The number of aryl methyl sites for hydroxylation is 3. The number of aromatic nitrogens is 1. The molecule has 2 rings (SSSR count). The number of nitrogens with zero attached hydrogens (tertiary/aromatic N) is 1. The summed E-state index contributed by atoms with van der Waals surface area (Å²) in [6, 6.07) is 5.01. The maximum absolute atomic E-state index is 12.4. The van der Waals surface area contributed by atoms with Crippen molar-refractivity contribution < 1.29 is 13.2 Å². The third kappa shape index (κ3) is 3.61. The van der Waals surface area contributed by atoms with Crippen LogP contribution in [0.1, 0.15) is 21.1 Å². The molecule has 0 fully saturated rings. The standard InChI is InChI=1S/C14H18N2O3S2/c1-9-5-6-14(12(7-9)19-4)21(17,18)15-8-13-10(2)16-11(3)20-13/h5-7,15H,8H2,1-4H3. The van der Waals surface area contributed by atoms with E-state index in [9.17, 15) is 8.42 Å². The molecule has 0 atom stereocenters. The molecule has 0 saturated heterocycles. The summed E-state index contributed by atoms with van der Waals surface area (Å²) in [4.78, 5) is 5.36. The van der Waals surface area contributed by atoms with Gasteiger partial charge in [0.1, 0.15) is 10.6 Å². The average Bonchev–Trinajstić information content (AvgIpc) is 2.74. The zero-order valence-electron chi connectivity index (χ0n) is 12.4. The summed E-state index contributed by atoms with van der Waals surface area (Å²) in [5, 5.41) is 0.926. The maximum Gasteiger partial charge on any atom is 0.244 e. The molecule has 0 aliphatic carbocycles. The number of nitrogens with one attached hydrogen (secondary N) is 1. The number of rotatable bonds is 5. The van der Waals surface area contributed by atoms with Gasteiger partial charge in [-0.25, -0.2) is 18.1 Å². The van der Waals surface area contributed by atoms with E-state index in [-0.39, 0.29) is 11.4 Å². The van der Waals surface area contributed by atoms with Crippen LogP contribution in [0.5, 0.6) is 5.75 Å². The quantitative estimate of drug-likeness (QED) is 0.917. The number of methoxy groups -OCH3 is 1. The number of ether oxygens (including phenoxy) is 1. The Labute approximate surface area is 129 Å². The smallest absolute Gasteiger partial charge is 0.244 e. The van der Waals surface area contributed by atoms with Crippen LogP contribution in [-0.2, 0) is 16.6 Å². The highest BCUT2D eigenvalue weighted by atomic mass is 32.2. The van der Waals surface area contributed by atoms with Crippen molar-refractivity contribution in [1.82, 2.24) is 9.71 Å². The molecular weight excluding hydrogens is 308 g/mol. The van der Waals surface area contributed by atoms with E-state index >= 15 is 0 Å². The molecule has 0 aliphatic rings. The molecule has 1 heterocycles. The van der Waals surface area contributed by atoms with Gasteiger partial charge >= 0.3 is 0 Å². The number of hydrogen-bond donors (Lipinski definition) is 1. The van der Waals surface area contributed by atoms with Crippen molar-refractivity contribution in [1.29, 1.82) is 0 Å². The normalized spacial score (nSPS) is 11.6. The molecule has 0 unspecified atom stereocenters. The maximum atomic E-state index is 12.4. The Hall–Kier alpha value is -1.44. The summed E-state index contributed by atoms with van der Waals surface area (Å²) in [5.74, 6) is 0.347. The van der Waals surface area contributed by atoms with Crippen LogP contribution in [-0.4, -0.2) is 20.5 Å². The third-order valence-electron chi connectivity index (χ3n) is 3.03. The summed E-state index contributed by atoms with van der Waals surface area (Å²) in [7, 11) is -2.16. The fourth-order valence-corrected chi connectivity index (χ4v) is 4.09. The highest BCUT2D eigenvalue weighted by molar-refractivity contribution is 7.89. The van der Waals surface area contributed by atoms with Crippen LogP contribution in [0.4, 0.5) is 0 Å². The van der Waals surface area contributed by atoms with Gasteiger partial charge in [-0.2, -0.15) is 0 Å². The molecule has 1 aromatic carbocycles. The highest BCUT2D eigenvalue weighted by Crippen LogP contribution is 2.25. The van der Waals surface area contributed by atoms with Crippen LogP contribution in [0.15, 0.2) is 23.1 Å². The van der Waals surface area contributed by atoms with Gasteiger partial charge in [0, 0.05) is 11.4 Å². The Bertz CT molecular complexity index is 752. The largest absolute Gasteiger partial charge is 0.495 e. The van der Waals surface area contributed by atoms with E-state index in [1.165, 1.54) is 18.4 Å². The Morgan fingerprint density at radius 2 is 2.00 bits per heavy atom. The molecule has 1 N–H and O–H groups in total. The van der Waals surface area contributed by atoms with Crippen molar-refractivity contribution in [3.8, 4) is 5.75 Å². The molecule has 114 valence electrons. The Kier molecular flexibility index (Phi) is 4.65. The summed E-state index contributed by atoms with van der Waals surface area (Å²) in [6.45, 7) is 5.89. The van der Waals surface area contributed by atoms with Crippen molar-refractivity contribution in [2.75, 3.05) is 7.11 Å². The van der Waals surface area contributed by atoms with E-state index in [0.717, 1.165) is 21.1 Å². The molecule has 0 bridgehead atoms. The number of hydrogen-bond acceptors (Lipinski definition) is 5. The summed E-state index contributed by atoms with van der Waals surface area (Å²) in [6.07, 6.45) is 0. The van der Waals surface area contributed by atoms with E-state index < -0.39 is 10.0 Å². The van der Waals surface area contributed by atoms with Gasteiger partial charge in [0.2, 0.25) is 10.0 Å². The summed E-state index contributed by atoms with van der Waals surface area (Å²) in [5.41, 5.74) is 1.80. The zero-order valence-corrected chi connectivity index (χ0v) is 14.1. The molecule has 7 heteroatoms. The minimum Gasteiger partial charge on any atom is -0.495 e. The van der Waals surface area contributed by atoms with Gasteiger partial charge in [-0.15, -0.1) is 11.3 Å². The molecule has 5 nitrogen and oxygen atoms in total. The van der Waals surface area contributed by atoms with E-state index in [1.54, 1.807) is 18.2 Å². The van der Waals surface area contributed by atoms with Gasteiger partial charge < -0.3 is 4.74 Å². The molecule has 0 saturated carbocycles. The third-order valence-corrected chi connectivity index (χ3v) is 5.54. The van der Waals surface area contributed by atoms with Gasteiger partial charge in [-0.05, 0) is 38.5 Å². The molecular formula is C14H18N2O3S2. The fraction of sp³-hybridized carbons (Fsp3) is 0.357. The number of benzene rings is 1. The lowest BCUT2D eigenvalue weighted by Crippen LogP contribution is -2.23. The fourth-order valence-electron chi connectivity index (χ4n) is 1.97. The molecule has 2 aromatic rings. The van der Waals surface area contributed by atoms with Gasteiger partial charge in [0.25, 0.3) is 0 Å². The van der Waals surface area contributed by atoms with Gasteiger partial charge in [-0.3, -0.25) is 0 Å². The lowest BCUT2D eigenvalue weighted by Gasteiger charge is -2.11. The predicted octanol–water partition coefficient (Wildman–Crippen LogP) is 2.56. The van der Waals surface area contributed by atoms with E-state index in [2.05, 4.69) is 9.71 Å². The topological polar surface area (TPSA) is 68.3 Å². The molecule has 0 amide bonds. The van der Waals surface area contributed by atoms with Crippen molar-refractivity contribution in [2.45, 2.75) is 32.2 Å². The van der Waals surface area contributed by atoms with Crippen LogP contribution in [0.25, 0.3) is 0 Å². The first kappa shape index (κ1) is 15.9. The summed E-state index contributed by atoms with van der Waals surface area (Å²) >= 11 is 1.49. The van der Waals surface area contributed by atoms with Crippen LogP contribution < -0.4 is 9.46 Å². The Morgan fingerprint density at radius 1 is 1.29 bits per heavy atom. The van der Waals surface area contributed by atoms with Crippen LogP contribution in [0.2, 0.25) is 0 Å². The van der Waals surface area contributed by atoms with E-state index in [4.69, 9.17) is 4.74 Å². The van der Waals surface area contributed by atoms with Crippen molar-refractivity contribution in [2.24, 2.45) is 0 Å². The van der Waals surface area contributed by atoms with Crippen molar-refractivity contribution in [3.05, 3.63) is 39.3 Å². The molecule has 0 radical (unpaired) electrons. The minimum atomic E-state index is -3.62. The second kappa shape index (κ2) is 6.13. The molecule has 1 aromatic heterocycles. The number of sulfonamides is 1. The Morgan fingerprint density at radius 3 is 2.57 bits per heavy atom. The van der Waals surface area contributed by atoms with Gasteiger partial charge in [0.05, 0.1) is 17.8 Å². The molecule has 0 aliphatic heterocycles. The SMILES string of the molecule is COc1cc(C)ccc1S(=O)(=O)NCc1sc(C)nc1C. The van der Waals surface area contributed by atoms with Crippen LogP contribution >= 0.6 is 11.3 Å². The van der Waals surface area contributed by atoms with Crippen LogP contribution in [0, 0.1) is 20.8 Å². The first-order valence-corrected chi connectivity index (χ1v) is 8.70. The van der Waals surface area contributed by atoms with Gasteiger partial charge in [-0.1, -0.05) is 6.07 Å². The van der Waals surface area contributed by atoms with Crippen LogP contribution in [0.3, 0.4) is 0 Å². The predicted molar refractivity (Wildman–Crippen MR) is 83.3 cm³/mol. The average molecular weight is 326 g/mol. The second-order valence-electron chi connectivity index (χ2n) is 4.72. The number of thiazole rings is 1. The summed E-state index contributed by atoms with van der Waals surface area (Å²) < 4.78 is 32.6. The van der Waals surface area contributed by atoms with Gasteiger partial charge in [0.15, 0.2) is 0 Å². The molecule has 0 spiro atoms. The first-order valence-electron chi connectivity index (χ1n) is 6.40. The lowest BCUT2D eigenvalue weighted by molar-refractivity contribution is 0.402. The Balaban J connectivity index is 2.25. The lowest BCUT2D eigenvalue weighted by atomic mass is 10.2. The second-order valence-corrected chi connectivity index (χ2v) is 7.74. The van der Waals surface area contributed by atoms with E-state index in [1.807, 2.05) is 20.8 Å².